The lowest BCUT2D eigenvalue weighted by Crippen LogP contribution is -2.33. The quantitative estimate of drug-likeness (QED) is 0.872. The van der Waals surface area contributed by atoms with Crippen LogP contribution >= 0.6 is 15.9 Å². The highest BCUT2D eigenvalue weighted by Crippen LogP contribution is 2.38. The maximum atomic E-state index is 12.3. The van der Waals surface area contributed by atoms with E-state index >= 15 is 0 Å². The number of furan rings is 1. The molecule has 1 fully saturated rings. The van der Waals surface area contributed by atoms with E-state index in [1.54, 1.807) is 0 Å². The molecular formula is C12H18BrNO4S. The molecule has 2 rings (SSSR count). The van der Waals surface area contributed by atoms with Crippen LogP contribution in [0.15, 0.2) is 20.0 Å². The van der Waals surface area contributed by atoms with Crippen LogP contribution in [0.1, 0.15) is 38.9 Å². The number of aliphatic hydroxyl groups excluding tert-OH is 1. The molecule has 0 aliphatic heterocycles. The molecule has 0 saturated heterocycles. The van der Waals surface area contributed by atoms with Crippen molar-refractivity contribution in [1.29, 1.82) is 0 Å². The average molecular weight is 352 g/mol. The van der Waals surface area contributed by atoms with Crippen LogP contribution in [0, 0.1) is 5.41 Å². The molecule has 1 saturated carbocycles. The van der Waals surface area contributed by atoms with Crippen molar-refractivity contribution in [1.82, 2.24) is 4.72 Å². The Hall–Kier alpha value is -0.370. The first kappa shape index (κ1) is 15.0. The van der Waals surface area contributed by atoms with Gasteiger partial charge in [-0.15, -0.1) is 0 Å². The normalized spacial score (nSPS) is 22.8. The molecule has 0 amide bonds. The van der Waals surface area contributed by atoms with Gasteiger partial charge in [-0.25, -0.2) is 13.1 Å². The first-order valence-electron chi connectivity index (χ1n) is 6.15. The zero-order valence-corrected chi connectivity index (χ0v) is 13.3. The lowest BCUT2D eigenvalue weighted by Gasteiger charge is -2.17. The Morgan fingerprint density at radius 3 is 2.74 bits per heavy atom. The molecular weight excluding hydrogens is 334 g/mol. The van der Waals surface area contributed by atoms with Crippen LogP contribution in [0.2, 0.25) is 0 Å². The summed E-state index contributed by atoms with van der Waals surface area (Å²) < 4.78 is 32.5. The third-order valence-corrected chi connectivity index (χ3v) is 5.82. The van der Waals surface area contributed by atoms with Gasteiger partial charge in [-0.1, -0.05) is 13.8 Å². The molecule has 1 atom stereocenters. The van der Waals surface area contributed by atoms with E-state index in [4.69, 9.17) is 9.52 Å². The van der Waals surface area contributed by atoms with Crippen LogP contribution in [-0.4, -0.2) is 19.6 Å². The Labute approximate surface area is 121 Å². The second kappa shape index (κ2) is 5.20. The highest BCUT2D eigenvalue weighted by atomic mass is 79.9. The SMILES string of the molecule is CC1(C)CCC(NS(=O)(=O)c2cc(CO)oc2Br)C1. The standard InChI is InChI=1S/C12H18BrNO4S/c1-12(2)4-3-8(6-12)14-19(16,17)10-5-9(7-15)18-11(10)13/h5,8,14-15H,3-4,6-7H2,1-2H3. The highest BCUT2D eigenvalue weighted by molar-refractivity contribution is 9.10. The number of hydrogen-bond acceptors (Lipinski definition) is 4. The number of nitrogens with one attached hydrogen (secondary N) is 1. The van der Waals surface area contributed by atoms with Gasteiger partial charge in [0.1, 0.15) is 17.3 Å². The van der Waals surface area contributed by atoms with E-state index in [9.17, 15) is 8.42 Å². The first-order chi connectivity index (χ1) is 8.73. The van der Waals surface area contributed by atoms with Crippen molar-refractivity contribution in [2.75, 3.05) is 0 Å². The van der Waals surface area contributed by atoms with Crippen molar-refractivity contribution in [3.8, 4) is 0 Å². The lowest BCUT2D eigenvalue weighted by molar-refractivity contribution is 0.245. The van der Waals surface area contributed by atoms with E-state index in [0.29, 0.717) is 0 Å². The van der Waals surface area contributed by atoms with Gasteiger partial charge in [-0.05, 0) is 40.6 Å². The Bertz CT molecular complexity index is 564. The average Bonchev–Trinajstić information content (AvgIpc) is 2.81. The van der Waals surface area contributed by atoms with E-state index in [1.165, 1.54) is 6.07 Å². The van der Waals surface area contributed by atoms with Crippen LogP contribution in [0.3, 0.4) is 0 Å². The topological polar surface area (TPSA) is 79.5 Å². The van der Waals surface area contributed by atoms with Gasteiger partial charge in [0, 0.05) is 12.1 Å². The molecule has 1 aliphatic rings. The predicted molar refractivity (Wildman–Crippen MR) is 74.1 cm³/mol. The van der Waals surface area contributed by atoms with Crippen LogP contribution in [0.25, 0.3) is 0 Å². The minimum absolute atomic E-state index is 0.0422. The first-order valence-corrected chi connectivity index (χ1v) is 8.42. The van der Waals surface area contributed by atoms with Crippen molar-refractivity contribution >= 4 is 26.0 Å². The molecule has 19 heavy (non-hydrogen) atoms. The fourth-order valence-electron chi connectivity index (χ4n) is 2.48. The Balaban J connectivity index is 2.16. The lowest BCUT2D eigenvalue weighted by atomic mass is 9.92. The number of hydrogen-bond donors (Lipinski definition) is 2. The second-order valence-corrected chi connectivity index (χ2v) is 8.14. The molecule has 1 heterocycles. The predicted octanol–water partition coefficient (Wildman–Crippen LogP) is 2.39. The monoisotopic (exact) mass is 351 g/mol. The summed E-state index contributed by atoms with van der Waals surface area (Å²) >= 11 is 3.07. The minimum atomic E-state index is -3.62. The van der Waals surface area contributed by atoms with Crippen molar-refractivity contribution in [2.45, 2.75) is 50.7 Å². The molecule has 1 aliphatic carbocycles. The summed E-state index contributed by atoms with van der Waals surface area (Å²) in [5, 5.41) is 8.96. The van der Waals surface area contributed by atoms with Crippen molar-refractivity contribution in [3.63, 3.8) is 0 Å². The number of halogens is 1. The van der Waals surface area contributed by atoms with Crippen LogP contribution in [0.4, 0.5) is 0 Å². The molecule has 2 N–H and O–H groups in total. The molecule has 108 valence electrons. The summed E-state index contributed by atoms with van der Waals surface area (Å²) in [6, 6.07) is 1.30. The fraction of sp³-hybridized carbons (Fsp3) is 0.667. The zero-order valence-electron chi connectivity index (χ0n) is 10.9. The molecule has 0 aromatic carbocycles. The third kappa shape index (κ3) is 3.39. The van der Waals surface area contributed by atoms with E-state index < -0.39 is 10.0 Å². The summed E-state index contributed by atoms with van der Waals surface area (Å²) in [5.41, 5.74) is 0.178. The molecule has 5 nitrogen and oxygen atoms in total. The van der Waals surface area contributed by atoms with Gasteiger partial charge < -0.3 is 9.52 Å². The summed E-state index contributed by atoms with van der Waals surface area (Å²) in [6.07, 6.45) is 2.68. The van der Waals surface area contributed by atoms with Gasteiger partial charge in [0.15, 0.2) is 4.67 Å². The molecule has 1 unspecified atom stereocenters. The van der Waals surface area contributed by atoms with Crippen LogP contribution in [-0.2, 0) is 16.6 Å². The largest absolute Gasteiger partial charge is 0.450 e. The van der Waals surface area contributed by atoms with Gasteiger partial charge in [-0.2, -0.15) is 0 Å². The molecule has 1 aromatic rings. The van der Waals surface area contributed by atoms with Gasteiger partial charge in [0.2, 0.25) is 10.0 Å². The van der Waals surface area contributed by atoms with Crippen molar-refractivity contribution in [3.05, 3.63) is 16.5 Å². The Morgan fingerprint density at radius 1 is 1.58 bits per heavy atom. The fourth-order valence-corrected chi connectivity index (χ4v) is 4.75. The van der Waals surface area contributed by atoms with Crippen LogP contribution in [0.5, 0.6) is 0 Å². The molecule has 0 spiro atoms. The number of rotatable bonds is 4. The van der Waals surface area contributed by atoms with Crippen molar-refractivity contribution in [2.24, 2.45) is 5.41 Å². The maximum absolute atomic E-state index is 12.3. The third-order valence-electron chi connectivity index (χ3n) is 3.44. The number of sulfonamides is 1. The highest BCUT2D eigenvalue weighted by Gasteiger charge is 2.34. The smallest absolute Gasteiger partial charge is 0.245 e. The van der Waals surface area contributed by atoms with Crippen LogP contribution < -0.4 is 4.72 Å². The molecule has 0 bridgehead atoms. The summed E-state index contributed by atoms with van der Waals surface area (Å²) in [4.78, 5) is 0.0428. The van der Waals surface area contributed by atoms with E-state index in [2.05, 4.69) is 34.5 Å². The number of aliphatic hydroxyl groups is 1. The summed E-state index contributed by atoms with van der Waals surface area (Å²) in [6.45, 7) is 3.95. The zero-order chi connectivity index (χ0) is 14.3. The maximum Gasteiger partial charge on any atom is 0.245 e. The Morgan fingerprint density at radius 2 is 2.26 bits per heavy atom. The van der Waals surface area contributed by atoms with E-state index in [0.717, 1.165) is 19.3 Å². The summed E-state index contributed by atoms with van der Waals surface area (Å²) in [5.74, 6) is 0.221. The van der Waals surface area contributed by atoms with E-state index in [-0.39, 0.29) is 33.4 Å². The van der Waals surface area contributed by atoms with Gasteiger partial charge in [0.25, 0.3) is 0 Å². The second-order valence-electron chi connectivity index (χ2n) is 5.73. The Kier molecular flexibility index (Phi) is 4.11. The molecule has 0 radical (unpaired) electrons. The van der Waals surface area contributed by atoms with E-state index in [1.807, 2.05) is 0 Å². The van der Waals surface area contributed by atoms with Gasteiger partial charge in [0.05, 0.1) is 0 Å². The minimum Gasteiger partial charge on any atom is -0.450 e. The summed E-state index contributed by atoms with van der Waals surface area (Å²) in [7, 11) is -3.62. The van der Waals surface area contributed by atoms with Gasteiger partial charge >= 0.3 is 0 Å². The van der Waals surface area contributed by atoms with Crippen molar-refractivity contribution < 1.29 is 17.9 Å². The van der Waals surface area contributed by atoms with Gasteiger partial charge in [-0.3, -0.25) is 0 Å². The molecule has 7 heteroatoms. The molecule has 1 aromatic heterocycles.